The summed E-state index contributed by atoms with van der Waals surface area (Å²) in [5, 5.41) is 2.78. The lowest BCUT2D eigenvalue weighted by molar-refractivity contribution is 0.285. The second-order valence-electron chi connectivity index (χ2n) is 7.15. The first-order chi connectivity index (χ1) is 9.90. The van der Waals surface area contributed by atoms with Gasteiger partial charge in [0, 0.05) is 5.92 Å². The lowest BCUT2D eigenvalue weighted by Gasteiger charge is -2.31. The minimum atomic E-state index is 0.925. The Morgan fingerprint density at radius 2 is 1.70 bits per heavy atom. The van der Waals surface area contributed by atoms with E-state index in [2.05, 4.69) is 42.5 Å². The van der Waals surface area contributed by atoms with Gasteiger partial charge in [0.25, 0.3) is 0 Å². The molecule has 0 spiro atoms. The van der Waals surface area contributed by atoms with Crippen molar-refractivity contribution >= 4 is 10.8 Å². The molecule has 3 aliphatic rings. The molecule has 0 aliphatic heterocycles. The number of fused-ring (bicyclic) bond motifs is 6. The van der Waals surface area contributed by atoms with Crippen molar-refractivity contribution in [3.63, 3.8) is 0 Å². The fourth-order valence-corrected chi connectivity index (χ4v) is 5.57. The molecule has 2 bridgehead atoms. The van der Waals surface area contributed by atoms with Crippen LogP contribution in [0.5, 0.6) is 0 Å². The fraction of sp³-hybridized carbons (Fsp3) is 0.450. The van der Waals surface area contributed by atoms with Crippen LogP contribution >= 0.6 is 0 Å². The van der Waals surface area contributed by atoms with Crippen LogP contribution in [-0.2, 0) is 0 Å². The van der Waals surface area contributed by atoms with Crippen LogP contribution in [-0.4, -0.2) is 0 Å². The van der Waals surface area contributed by atoms with E-state index < -0.39 is 0 Å². The summed E-state index contributed by atoms with van der Waals surface area (Å²) in [6.45, 7) is 0. The first kappa shape index (κ1) is 11.4. The average Bonchev–Trinajstić information content (AvgIpc) is 3.19. The molecule has 4 unspecified atom stereocenters. The van der Waals surface area contributed by atoms with E-state index in [1.54, 1.807) is 11.5 Å². The molecule has 3 aliphatic carbocycles. The maximum atomic E-state index is 2.44. The zero-order valence-corrected chi connectivity index (χ0v) is 11.9. The molecule has 20 heavy (non-hydrogen) atoms. The van der Waals surface area contributed by atoms with Gasteiger partial charge in [0.1, 0.15) is 0 Å². The summed E-state index contributed by atoms with van der Waals surface area (Å²) < 4.78 is 0. The molecular formula is C20H21. The van der Waals surface area contributed by atoms with Crippen LogP contribution < -0.4 is 0 Å². The standard InChI is InChI=1S/C20H21/c1-2-5-14-10-15(9-8-13(14)4-1)19-11-16-12-20(19)18-7-3-6-17(16)18/h1-2,4-5,8-10,16-18,20H,3,6-7,11-12H2. The predicted octanol–water partition coefficient (Wildman–Crippen LogP) is 5.22. The molecule has 0 amide bonds. The average molecular weight is 261 g/mol. The monoisotopic (exact) mass is 261 g/mol. The smallest absolute Gasteiger partial charge is 0.00866 e. The van der Waals surface area contributed by atoms with Crippen molar-refractivity contribution in [2.75, 3.05) is 0 Å². The molecule has 5 rings (SSSR count). The lowest BCUT2D eigenvalue weighted by Crippen LogP contribution is -2.23. The summed E-state index contributed by atoms with van der Waals surface area (Å²) in [6, 6.07) is 15.9. The van der Waals surface area contributed by atoms with Crippen LogP contribution in [0.25, 0.3) is 10.8 Å². The fourth-order valence-electron chi connectivity index (χ4n) is 5.57. The highest BCUT2D eigenvalue weighted by atomic mass is 14.6. The molecule has 0 N–H and O–H groups in total. The Bertz CT molecular complexity index is 656. The number of benzene rings is 2. The topological polar surface area (TPSA) is 0 Å². The maximum Gasteiger partial charge on any atom is 0.00866 e. The zero-order chi connectivity index (χ0) is 13.1. The summed E-state index contributed by atoms with van der Waals surface area (Å²) in [5.74, 6) is 5.87. The van der Waals surface area contributed by atoms with Crippen LogP contribution in [0, 0.1) is 29.6 Å². The van der Waals surface area contributed by atoms with Gasteiger partial charge in [-0.3, -0.25) is 0 Å². The van der Waals surface area contributed by atoms with E-state index in [1.807, 2.05) is 0 Å². The quantitative estimate of drug-likeness (QED) is 0.660. The first-order valence-corrected chi connectivity index (χ1v) is 8.25. The second kappa shape index (κ2) is 4.10. The van der Waals surface area contributed by atoms with Gasteiger partial charge >= 0.3 is 0 Å². The van der Waals surface area contributed by atoms with Gasteiger partial charge in [-0.05, 0) is 65.7 Å². The van der Waals surface area contributed by atoms with Gasteiger partial charge < -0.3 is 0 Å². The van der Waals surface area contributed by atoms with Crippen molar-refractivity contribution < 1.29 is 0 Å². The Kier molecular flexibility index (Phi) is 2.33. The molecule has 2 aromatic carbocycles. The van der Waals surface area contributed by atoms with Gasteiger partial charge in [0.2, 0.25) is 0 Å². The van der Waals surface area contributed by atoms with E-state index in [-0.39, 0.29) is 0 Å². The van der Waals surface area contributed by atoms with Gasteiger partial charge in [0.05, 0.1) is 0 Å². The third-order valence-electron chi connectivity index (χ3n) is 6.35. The molecule has 0 heteroatoms. The minimum Gasteiger partial charge on any atom is -0.0616 e. The lowest BCUT2D eigenvalue weighted by atomic mass is 9.73. The zero-order valence-electron chi connectivity index (χ0n) is 11.9. The van der Waals surface area contributed by atoms with Crippen LogP contribution in [0.1, 0.15) is 37.7 Å². The Labute approximate surface area is 121 Å². The van der Waals surface area contributed by atoms with Crippen molar-refractivity contribution in [1.82, 2.24) is 0 Å². The summed E-state index contributed by atoms with van der Waals surface area (Å²) in [5.41, 5.74) is 1.54. The van der Waals surface area contributed by atoms with E-state index in [9.17, 15) is 0 Å². The van der Waals surface area contributed by atoms with Gasteiger partial charge in [-0.2, -0.15) is 0 Å². The van der Waals surface area contributed by atoms with Gasteiger partial charge in [0.15, 0.2) is 0 Å². The Hall–Kier alpha value is -1.30. The van der Waals surface area contributed by atoms with Crippen molar-refractivity contribution in [3.05, 3.63) is 53.9 Å². The number of hydrogen-bond donors (Lipinski definition) is 0. The Balaban J connectivity index is 1.53. The molecule has 0 heterocycles. The van der Waals surface area contributed by atoms with Crippen LogP contribution in [0.2, 0.25) is 0 Å². The molecule has 101 valence electrons. The highest BCUT2D eigenvalue weighted by Gasteiger charge is 2.54. The van der Waals surface area contributed by atoms with Gasteiger partial charge in [-0.1, -0.05) is 48.9 Å². The minimum absolute atomic E-state index is 0.925. The normalized spacial score (nSPS) is 35.8. The summed E-state index contributed by atoms with van der Waals surface area (Å²) in [6.07, 6.45) is 7.41. The predicted molar refractivity (Wildman–Crippen MR) is 83.3 cm³/mol. The van der Waals surface area contributed by atoms with Crippen molar-refractivity contribution in [2.45, 2.75) is 32.1 Å². The molecule has 3 saturated carbocycles. The van der Waals surface area contributed by atoms with Gasteiger partial charge in [-0.15, -0.1) is 0 Å². The summed E-state index contributed by atoms with van der Waals surface area (Å²) >= 11 is 0. The highest BCUT2D eigenvalue weighted by Crippen LogP contribution is 2.63. The SMILES string of the molecule is c1ccc2cc([C]3CC4CC3C3CCCC43)ccc2c1. The molecule has 3 fully saturated rings. The first-order valence-electron chi connectivity index (χ1n) is 8.25. The van der Waals surface area contributed by atoms with Crippen LogP contribution in [0.3, 0.4) is 0 Å². The van der Waals surface area contributed by atoms with E-state index >= 15 is 0 Å². The Morgan fingerprint density at radius 1 is 0.850 bits per heavy atom. The van der Waals surface area contributed by atoms with Crippen molar-refractivity contribution in [3.8, 4) is 0 Å². The van der Waals surface area contributed by atoms with Crippen molar-refractivity contribution in [1.29, 1.82) is 0 Å². The van der Waals surface area contributed by atoms with E-state index in [0.29, 0.717) is 0 Å². The molecular weight excluding hydrogens is 240 g/mol. The van der Waals surface area contributed by atoms with Crippen molar-refractivity contribution in [2.24, 2.45) is 23.7 Å². The molecule has 1 radical (unpaired) electrons. The molecule has 2 aromatic rings. The highest BCUT2D eigenvalue weighted by molar-refractivity contribution is 5.83. The third kappa shape index (κ3) is 1.48. The van der Waals surface area contributed by atoms with Crippen LogP contribution in [0.15, 0.2) is 42.5 Å². The molecule has 4 atom stereocenters. The summed E-state index contributed by atoms with van der Waals surface area (Å²) in [4.78, 5) is 0. The molecule has 0 aromatic heterocycles. The van der Waals surface area contributed by atoms with E-state index in [0.717, 1.165) is 23.7 Å². The van der Waals surface area contributed by atoms with Gasteiger partial charge in [-0.25, -0.2) is 0 Å². The number of rotatable bonds is 1. The Morgan fingerprint density at radius 3 is 2.65 bits per heavy atom. The molecule has 0 nitrogen and oxygen atoms in total. The van der Waals surface area contributed by atoms with Crippen LogP contribution in [0.4, 0.5) is 0 Å². The second-order valence-corrected chi connectivity index (χ2v) is 7.15. The third-order valence-corrected chi connectivity index (χ3v) is 6.35. The molecule has 0 saturated heterocycles. The van der Waals surface area contributed by atoms with E-state index in [1.165, 1.54) is 42.9 Å². The summed E-state index contributed by atoms with van der Waals surface area (Å²) in [7, 11) is 0. The maximum absolute atomic E-state index is 2.44. The number of hydrogen-bond acceptors (Lipinski definition) is 0. The van der Waals surface area contributed by atoms with E-state index in [4.69, 9.17) is 0 Å². The largest absolute Gasteiger partial charge is 0.0616 e.